The molecule has 0 saturated carbocycles. The maximum Gasteiger partial charge on any atom is 0.211 e. The lowest BCUT2D eigenvalue weighted by molar-refractivity contribution is 0.102. The molecule has 0 aliphatic heterocycles. The monoisotopic (exact) mass is 199 g/mol. The van der Waals surface area contributed by atoms with E-state index < -0.39 is 0 Å². The molecule has 0 aliphatic rings. The average Bonchev–Trinajstić information content (AvgIpc) is 2.03. The molecule has 1 rings (SSSR count). The summed E-state index contributed by atoms with van der Waals surface area (Å²) >= 11 is 0. The summed E-state index contributed by atoms with van der Waals surface area (Å²) in [5, 5.41) is 0. The first kappa shape index (κ1) is 10.3. The molecular formula is C10H12FOS+. The highest BCUT2D eigenvalue weighted by Gasteiger charge is 2.13. The summed E-state index contributed by atoms with van der Waals surface area (Å²) in [6.45, 7) is 0. The van der Waals surface area contributed by atoms with Crippen LogP contribution in [0.3, 0.4) is 0 Å². The van der Waals surface area contributed by atoms with Gasteiger partial charge in [-0.3, -0.25) is 4.79 Å². The van der Waals surface area contributed by atoms with Gasteiger partial charge in [-0.2, -0.15) is 0 Å². The van der Waals surface area contributed by atoms with Gasteiger partial charge in [0.2, 0.25) is 5.78 Å². The average molecular weight is 199 g/mol. The van der Waals surface area contributed by atoms with Crippen molar-refractivity contribution in [1.82, 2.24) is 0 Å². The van der Waals surface area contributed by atoms with Crippen molar-refractivity contribution in [2.75, 3.05) is 18.3 Å². The summed E-state index contributed by atoms with van der Waals surface area (Å²) in [5.74, 6) is 0.175. The van der Waals surface area contributed by atoms with E-state index in [0.717, 1.165) is 0 Å². The van der Waals surface area contributed by atoms with Gasteiger partial charge in [-0.25, -0.2) is 4.39 Å². The van der Waals surface area contributed by atoms with E-state index in [1.165, 1.54) is 12.1 Å². The van der Waals surface area contributed by atoms with Crippen LogP contribution in [0, 0.1) is 5.82 Å². The number of carbonyl (C=O) groups is 1. The van der Waals surface area contributed by atoms with Crippen LogP contribution in [0.2, 0.25) is 0 Å². The molecule has 1 aromatic rings. The lowest BCUT2D eigenvalue weighted by Crippen LogP contribution is -2.13. The second-order valence-electron chi connectivity index (χ2n) is 3.06. The van der Waals surface area contributed by atoms with Crippen molar-refractivity contribution in [1.29, 1.82) is 0 Å². The second kappa shape index (κ2) is 4.42. The number of ketones is 1. The maximum absolute atomic E-state index is 12.7. The van der Waals surface area contributed by atoms with Crippen molar-refractivity contribution in [2.45, 2.75) is 0 Å². The lowest BCUT2D eigenvalue weighted by atomic mass is 10.1. The van der Waals surface area contributed by atoms with Crippen LogP contribution in [-0.2, 0) is 10.9 Å². The van der Waals surface area contributed by atoms with Crippen LogP contribution in [0.15, 0.2) is 24.3 Å². The molecule has 0 heterocycles. The van der Waals surface area contributed by atoms with E-state index in [0.29, 0.717) is 11.3 Å². The molecule has 1 nitrogen and oxygen atoms in total. The van der Waals surface area contributed by atoms with Crippen LogP contribution >= 0.6 is 0 Å². The molecule has 13 heavy (non-hydrogen) atoms. The van der Waals surface area contributed by atoms with Gasteiger partial charge >= 0.3 is 0 Å². The minimum atomic E-state index is -0.349. The SMILES string of the molecule is C[S+](C)CC(=O)c1cccc(F)c1. The molecule has 0 N–H and O–H groups in total. The molecule has 0 unspecified atom stereocenters. The molecule has 0 spiro atoms. The quantitative estimate of drug-likeness (QED) is 0.536. The highest BCUT2D eigenvalue weighted by molar-refractivity contribution is 7.96. The zero-order valence-corrected chi connectivity index (χ0v) is 8.53. The summed E-state index contributed by atoms with van der Waals surface area (Å²) in [6, 6.07) is 5.84. The molecule has 0 aliphatic carbocycles. The molecule has 0 bridgehead atoms. The van der Waals surface area contributed by atoms with Gasteiger partial charge < -0.3 is 0 Å². The predicted molar refractivity (Wildman–Crippen MR) is 54.8 cm³/mol. The molecule has 1 aromatic carbocycles. The zero-order valence-electron chi connectivity index (χ0n) is 7.71. The number of halogens is 1. The Hall–Kier alpha value is -0.830. The number of benzene rings is 1. The fourth-order valence-electron chi connectivity index (χ4n) is 1.01. The Morgan fingerprint density at radius 3 is 2.69 bits per heavy atom. The minimum absolute atomic E-state index is 0.0211. The van der Waals surface area contributed by atoms with E-state index in [1.54, 1.807) is 12.1 Å². The first-order chi connectivity index (χ1) is 6.09. The fourth-order valence-corrected chi connectivity index (χ4v) is 1.70. The van der Waals surface area contributed by atoms with Crippen molar-refractivity contribution in [3.8, 4) is 0 Å². The normalized spacial score (nSPS) is 10.5. The lowest BCUT2D eigenvalue weighted by Gasteiger charge is -1.98. The third-order valence-corrected chi connectivity index (χ3v) is 2.41. The number of hydrogen-bond acceptors (Lipinski definition) is 1. The van der Waals surface area contributed by atoms with Crippen LogP contribution in [0.1, 0.15) is 10.4 Å². The van der Waals surface area contributed by atoms with Gasteiger partial charge in [-0.05, 0) is 23.0 Å². The molecule has 0 aromatic heterocycles. The molecule has 70 valence electrons. The molecule has 0 radical (unpaired) electrons. The largest absolute Gasteiger partial charge is 0.289 e. The summed E-state index contributed by atoms with van der Waals surface area (Å²) < 4.78 is 12.7. The van der Waals surface area contributed by atoms with Gasteiger partial charge in [-0.1, -0.05) is 12.1 Å². The van der Waals surface area contributed by atoms with E-state index in [2.05, 4.69) is 0 Å². The van der Waals surface area contributed by atoms with E-state index in [1.807, 2.05) is 12.5 Å². The highest BCUT2D eigenvalue weighted by Crippen LogP contribution is 2.05. The Morgan fingerprint density at radius 2 is 2.15 bits per heavy atom. The molecule has 0 fully saturated rings. The van der Waals surface area contributed by atoms with Gasteiger partial charge in [0.25, 0.3) is 0 Å². The van der Waals surface area contributed by atoms with Gasteiger partial charge in [0.1, 0.15) is 5.82 Å². The summed E-state index contributed by atoms with van der Waals surface area (Å²) in [6.07, 6.45) is 3.99. The van der Waals surface area contributed by atoms with Gasteiger partial charge in [0.05, 0.1) is 12.5 Å². The Morgan fingerprint density at radius 1 is 1.46 bits per heavy atom. The number of Topliss-reactive ketones (excluding diaryl/α,β-unsaturated/α-hetero) is 1. The summed E-state index contributed by atoms with van der Waals surface area (Å²) in [5.41, 5.74) is 0.473. The topological polar surface area (TPSA) is 17.1 Å². The summed E-state index contributed by atoms with van der Waals surface area (Å²) in [7, 11) is 0.0752. The van der Waals surface area contributed by atoms with Crippen LogP contribution in [0.5, 0.6) is 0 Å². The number of rotatable bonds is 3. The van der Waals surface area contributed by atoms with Crippen LogP contribution in [0.25, 0.3) is 0 Å². The summed E-state index contributed by atoms with van der Waals surface area (Å²) in [4.78, 5) is 11.4. The molecule has 0 amide bonds. The molecule has 3 heteroatoms. The van der Waals surface area contributed by atoms with E-state index >= 15 is 0 Å². The van der Waals surface area contributed by atoms with Crippen molar-refractivity contribution >= 4 is 16.7 Å². The number of carbonyl (C=O) groups excluding carboxylic acids is 1. The Balaban J connectivity index is 2.77. The Bertz CT molecular complexity index is 310. The fraction of sp³-hybridized carbons (Fsp3) is 0.300. The maximum atomic E-state index is 12.7. The minimum Gasteiger partial charge on any atom is -0.289 e. The highest BCUT2D eigenvalue weighted by atomic mass is 32.2. The Labute approximate surface area is 80.3 Å². The van der Waals surface area contributed by atoms with Crippen LogP contribution in [-0.4, -0.2) is 24.0 Å². The second-order valence-corrected chi connectivity index (χ2v) is 5.32. The standard InChI is InChI=1S/C10H12FOS/c1-13(2)7-10(12)8-4-3-5-9(11)6-8/h3-6H,7H2,1-2H3/q+1. The molecule has 0 atom stereocenters. The van der Waals surface area contributed by atoms with E-state index in [9.17, 15) is 9.18 Å². The van der Waals surface area contributed by atoms with Gasteiger partial charge in [-0.15, -0.1) is 0 Å². The zero-order chi connectivity index (χ0) is 9.84. The van der Waals surface area contributed by atoms with Gasteiger partial charge in [0.15, 0.2) is 5.75 Å². The molecular weight excluding hydrogens is 187 g/mol. The number of hydrogen-bond donors (Lipinski definition) is 0. The van der Waals surface area contributed by atoms with Crippen LogP contribution in [0.4, 0.5) is 4.39 Å². The first-order valence-corrected chi connectivity index (χ1v) is 6.13. The van der Waals surface area contributed by atoms with Crippen molar-refractivity contribution < 1.29 is 9.18 Å². The van der Waals surface area contributed by atoms with Crippen molar-refractivity contribution in [3.05, 3.63) is 35.6 Å². The van der Waals surface area contributed by atoms with Crippen molar-refractivity contribution in [3.63, 3.8) is 0 Å². The third kappa shape index (κ3) is 3.19. The van der Waals surface area contributed by atoms with Crippen molar-refractivity contribution in [2.24, 2.45) is 0 Å². The van der Waals surface area contributed by atoms with Gasteiger partial charge in [0, 0.05) is 5.56 Å². The van der Waals surface area contributed by atoms with Crippen LogP contribution < -0.4 is 0 Å². The smallest absolute Gasteiger partial charge is 0.211 e. The molecule has 0 saturated heterocycles. The third-order valence-electron chi connectivity index (χ3n) is 1.57. The Kier molecular flexibility index (Phi) is 3.48. The first-order valence-electron chi connectivity index (χ1n) is 3.92. The van der Waals surface area contributed by atoms with E-state index in [-0.39, 0.29) is 22.5 Å². The van der Waals surface area contributed by atoms with E-state index in [4.69, 9.17) is 0 Å². The predicted octanol–water partition coefficient (Wildman–Crippen LogP) is 1.89.